The highest BCUT2D eigenvalue weighted by Crippen LogP contribution is 2.19. The quantitative estimate of drug-likeness (QED) is 0.842. The molecule has 27 heavy (non-hydrogen) atoms. The van der Waals surface area contributed by atoms with Crippen molar-refractivity contribution in [3.8, 4) is 0 Å². The predicted molar refractivity (Wildman–Crippen MR) is 97.4 cm³/mol. The number of aromatic nitrogens is 1. The summed E-state index contributed by atoms with van der Waals surface area (Å²) in [4.78, 5) is 18.8. The van der Waals surface area contributed by atoms with Gasteiger partial charge in [-0.25, -0.2) is 18.6 Å². The monoisotopic (exact) mass is 376 g/mol. The number of urea groups is 1. The number of amides is 2. The Morgan fingerprint density at radius 1 is 1.26 bits per heavy atom. The first-order valence-electron chi connectivity index (χ1n) is 8.80. The predicted octanol–water partition coefficient (Wildman–Crippen LogP) is 2.76. The molecular weight excluding hydrogens is 354 g/mol. The van der Waals surface area contributed by atoms with Gasteiger partial charge in [0.1, 0.15) is 5.82 Å². The number of hydrogen-bond acceptors (Lipinski definition) is 4. The van der Waals surface area contributed by atoms with Crippen LogP contribution in [0.3, 0.4) is 0 Å². The minimum Gasteiger partial charge on any atom is -0.378 e. The number of rotatable bonds is 5. The Bertz CT molecular complexity index is 797. The average molecular weight is 376 g/mol. The van der Waals surface area contributed by atoms with Crippen molar-refractivity contribution in [2.24, 2.45) is 0 Å². The van der Waals surface area contributed by atoms with Gasteiger partial charge in [0.15, 0.2) is 11.6 Å². The molecule has 2 amide bonds. The maximum Gasteiger partial charge on any atom is 0.315 e. The number of halogens is 2. The summed E-state index contributed by atoms with van der Waals surface area (Å²) in [7, 11) is 0. The van der Waals surface area contributed by atoms with Crippen molar-refractivity contribution in [2.45, 2.75) is 19.5 Å². The zero-order valence-electron chi connectivity index (χ0n) is 15.0. The van der Waals surface area contributed by atoms with Crippen LogP contribution in [0.4, 0.5) is 19.4 Å². The van der Waals surface area contributed by atoms with Crippen molar-refractivity contribution in [1.29, 1.82) is 0 Å². The Hall–Kier alpha value is -2.74. The summed E-state index contributed by atoms with van der Waals surface area (Å²) in [6.07, 6.45) is 1.72. The first-order valence-corrected chi connectivity index (χ1v) is 8.80. The summed E-state index contributed by atoms with van der Waals surface area (Å²) in [5, 5.41) is 5.51. The van der Waals surface area contributed by atoms with E-state index in [1.807, 2.05) is 12.1 Å². The van der Waals surface area contributed by atoms with Crippen LogP contribution in [0.2, 0.25) is 0 Å². The molecule has 1 atom stereocenters. The smallest absolute Gasteiger partial charge is 0.315 e. The Morgan fingerprint density at radius 2 is 2.04 bits per heavy atom. The van der Waals surface area contributed by atoms with E-state index in [1.165, 1.54) is 6.07 Å². The van der Waals surface area contributed by atoms with Crippen molar-refractivity contribution in [2.75, 3.05) is 31.2 Å². The molecule has 1 fully saturated rings. The molecule has 1 aromatic carbocycles. The summed E-state index contributed by atoms with van der Waals surface area (Å²) in [6, 6.07) is 6.44. The van der Waals surface area contributed by atoms with Gasteiger partial charge in [-0.15, -0.1) is 0 Å². The number of pyridine rings is 1. The highest BCUT2D eigenvalue weighted by Gasteiger charge is 2.17. The fourth-order valence-corrected chi connectivity index (χ4v) is 2.92. The Balaban J connectivity index is 1.58. The van der Waals surface area contributed by atoms with Gasteiger partial charge in [0.25, 0.3) is 0 Å². The number of nitrogens with zero attached hydrogens (tertiary/aromatic N) is 2. The van der Waals surface area contributed by atoms with Gasteiger partial charge < -0.3 is 20.3 Å². The Morgan fingerprint density at radius 3 is 2.78 bits per heavy atom. The SMILES string of the molecule is CC(NC(=O)NCc1cccnc1N1CCOCC1)c1ccc(F)c(F)c1. The first kappa shape index (κ1) is 19.0. The number of ether oxygens (including phenoxy) is 1. The van der Waals surface area contributed by atoms with Crippen molar-refractivity contribution >= 4 is 11.8 Å². The summed E-state index contributed by atoms with van der Waals surface area (Å²) < 4.78 is 31.7. The highest BCUT2D eigenvalue weighted by atomic mass is 19.2. The van der Waals surface area contributed by atoms with Crippen LogP contribution in [0.1, 0.15) is 24.1 Å². The van der Waals surface area contributed by atoms with Crippen LogP contribution in [-0.2, 0) is 11.3 Å². The Kier molecular flexibility index (Phi) is 6.18. The number of carbonyl (C=O) groups excluding carboxylic acids is 1. The number of benzene rings is 1. The van der Waals surface area contributed by atoms with E-state index in [-0.39, 0.29) is 0 Å². The number of hydrogen-bond donors (Lipinski definition) is 2. The van der Waals surface area contributed by atoms with E-state index in [0.717, 1.165) is 36.6 Å². The van der Waals surface area contributed by atoms with Gasteiger partial charge in [0, 0.05) is 31.4 Å². The molecule has 0 radical (unpaired) electrons. The van der Waals surface area contributed by atoms with E-state index in [2.05, 4.69) is 20.5 Å². The molecule has 0 aliphatic carbocycles. The third-order valence-electron chi connectivity index (χ3n) is 4.41. The van der Waals surface area contributed by atoms with Gasteiger partial charge >= 0.3 is 6.03 Å². The lowest BCUT2D eigenvalue weighted by atomic mass is 10.1. The Labute approximate surface area is 156 Å². The van der Waals surface area contributed by atoms with E-state index in [0.29, 0.717) is 25.3 Å². The summed E-state index contributed by atoms with van der Waals surface area (Å²) in [6.45, 7) is 4.81. The van der Waals surface area contributed by atoms with Crippen molar-refractivity contribution in [3.05, 3.63) is 59.3 Å². The second kappa shape index (κ2) is 8.77. The van der Waals surface area contributed by atoms with Gasteiger partial charge in [0.2, 0.25) is 0 Å². The largest absolute Gasteiger partial charge is 0.378 e. The molecule has 0 bridgehead atoms. The second-order valence-corrected chi connectivity index (χ2v) is 6.31. The zero-order valence-corrected chi connectivity index (χ0v) is 15.0. The van der Waals surface area contributed by atoms with Gasteiger partial charge in [-0.2, -0.15) is 0 Å². The van der Waals surface area contributed by atoms with Gasteiger partial charge in [-0.05, 0) is 30.7 Å². The van der Waals surface area contributed by atoms with E-state index in [9.17, 15) is 13.6 Å². The minimum absolute atomic E-state index is 0.302. The molecule has 0 saturated carbocycles. The molecule has 1 unspecified atom stereocenters. The number of morpholine rings is 1. The van der Waals surface area contributed by atoms with Crippen molar-refractivity contribution < 1.29 is 18.3 Å². The molecule has 1 saturated heterocycles. The third kappa shape index (κ3) is 4.91. The van der Waals surface area contributed by atoms with E-state index in [4.69, 9.17) is 4.74 Å². The molecule has 8 heteroatoms. The van der Waals surface area contributed by atoms with Crippen molar-refractivity contribution in [3.63, 3.8) is 0 Å². The molecule has 1 aliphatic rings. The lowest BCUT2D eigenvalue weighted by Crippen LogP contribution is -2.39. The van der Waals surface area contributed by atoms with E-state index in [1.54, 1.807) is 13.1 Å². The maximum atomic E-state index is 13.3. The van der Waals surface area contributed by atoms with Crippen LogP contribution in [0.5, 0.6) is 0 Å². The van der Waals surface area contributed by atoms with Crippen LogP contribution in [0.15, 0.2) is 36.5 Å². The highest BCUT2D eigenvalue weighted by molar-refractivity contribution is 5.74. The number of nitrogens with one attached hydrogen (secondary N) is 2. The molecule has 3 rings (SSSR count). The molecule has 2 aromatic rings. The molecular formula is C19H22F2N4O2. The molecule has 6 nitrogen and oxygen atoms in total. The molecule has 1 aliphatic heterocycles. The standard InChI is InChI=1S/C19H22F2N4O2/c1-13(14-4-5-16(20)17(21)11-14)24-19(26)23-12-15-3-2-6-22-18(15)25-7-9-27-10-8-25/h2-6,11,13H,7-10,12H2,1H3,(H2,23,24,26). The number of anilines is 1. The first-order chi connectivity index (χ1) is 13.0. The minimum atomic E-state index is -0.938. The third-order valence-corrected chi connectivity index (χ3v) is 4.41. The lowest BCUT2D eigenvalue weighted by Gasteiger charge is -2.29. The fourth-order valence-electron chi connectivity index (χ4n) is 2.92. The number of carbonyl (C=O) groups is 1. The van der Waals surface area contributed by atoms with Crippen LogP contribution in [0, 0.1) is 11.6 Å². The summed E-state index contributed by atoms with van der Waals surface area (Å²) in [5.74, 6) is -1.02. The van der Waals surface area contributed by atoms with Gasteiger partial charge in [0.05, 0.1) is 19.3 Å². The normalized spacial score (nSPS) is 15.3. The fraction of sp³-hybridized carbons (Fsp3) is 0.368. The van der Waals surface area contributed by atoms with Crippen LogP contribution in [-0.4, -0.2) is 37.3 Å². The molecule has 2 heterocycles. The summed E-state index contributed by atoms with van der Waals surface area (Å²) in [5.41, 5.74) is 1.38. The maximum absolute atomic E-state index is 13.3. The van der Waals surface area contributed by atoms with Gasteiger partial charge in [-0.3, -0.25) is 0 Å². The summed E-state index contributed by atoms with van der Waals surface area (Å²) >= 11 is 0. The van der Waals surface area contributed by atoms with Gasteiger partial charge in [-0.1, -0.05) is 12.1 Å². The molecule has 1 aromatic heterocycles. The van der Waals surface area contributed by atoms with E-state index >= 15 is 0 Å². The van der Waals surface area contributed by atoms with Crippen molar-refractivity contribution in [1.82, 2.24) is 15.6 Å². The second-order valence-electron chi connectivity index (χ2n) is 6.31. The zero-order chi connectivity index (χ0) is 19.2. The van der Waals surface area contributed by atoms with Crippen LogP contribution in [0.25, 0.3) is 0 Å². The van der Waals surface area contributed by atoms with Crippen LogP contribution >= 0.6 is 0 Å². The van der Waals surface area contributed by atoms with Crippen LogP contribution < -0.4 is 15.5 Å². The lowest BCUT2D eigenvalue weighted by molar-refractivity contribution is 0.122. The molecule has 144 valence electrons. The topological polar surface area (TPSA) is 66.5 Å². The molecule has 0 spiro atoms. The average Bonchev–Trinajstić information content (AvgIpc) is 2.69. The molecule has 2 N–H and O–H groups in total. The van der Waals surface area contributed by atoms with E-state index < -0.39 is 23.7 Å².